The lowest BCUT2D eigenvalue weighted by Crippen LogP contribution is -2.52. The van der Waals surface area contributed by atoms with Gasteiger partial charge in [0.1, 0.15) is 19.2 Å². The number of amides is 2. The van der Waals surface area contributed by atoms with Gasteiger partial charge in [0.15, 0.2) is 0 Å². The summed E-state index contributed by atoms with van der Waals surface area (Å²) in [6.07, 6.45) is -0.0399. The molecule has 2 atom stereocenters. The number of carbonyl (C=O) groups is 3. The van der Waals surface area contributed by atoms with E-state index in [0.29, 0.717) is 6.42 Å². The molecule has 2 aromatic rings. The van der Waals surface area contributed by atoms with Gasteiger partial charge < -0.3 is 20.1 Å². The van der Waals surface area contributed by atoms with Crippen molar-refractivity contribution in [1.82, 2.24) is 10.2 Å². The molecule has 1 unspecified atom stereocenters. The Morgan fingerprint density at radius 1 is 1.03 bits per heavy atom. The fraction of sp³-hybridized carbons (Fsp3) is 0.400. The van der Waals surface area contributed by atoms with E-state index in [9.17, 15) is 14.4 Å². The third-order valence-corrected chi connectivity index (χ3v) is 6.12. The molecule has 0 aromatic heterocycles. The Kier molecular flexibility index (Phi) is 7.51. The highest BCUT2D eigenvalue weighted by atomic mass is 16.5. The van der Waals surface area contributed by atoms with Crippen LogP contribution in [0.15, 0.2) is 48.5 Å². The van der Waals surface area contributed by atoms with Crippen LogP contribution in [0, 0.1) is 5.92 Å². The Hall–Kier alpha value is -3.35. The normalized spacial score (nSPS) is 14.1. The molecule has 0 saturated heterocycles. The van der Waals surface area contributed by atoms with Crippen molar-refractivity contribution in [3.63, 3.8) is 0 Å². The second-order valence-corrected chi connectivity index (χ2v) is 8.08. The third-order valence-electron chi connectivity index (χ3n) is 6.12. The largest absolute Gasteiger partial charge is 0.480 e. The van der Waals surface area contributed by atoms with Crippen LogP contribution in [0.5, 0.6) is 0 Å². The summed E-state index contributed by atoms with van der Waals surface area (Å²) in [5.74, 6) is -1.77. The van der Waals surface area contributed by atoms with Crippen molar-refractivity contribution >= 4 is 18.0 Å². The first-order valence-electron chi connectivity index (χ1n) is 11.0. The molecule has 1 aliphatic rings. The van der Waals surface area contributed by atoms with E-state index in [2.05, 4.69) is 17.4 Å². The molecule has 0 saturated carbocycles. The zero-order chi connectivity index (χ0) is 23.3. The van der Waals surface area contributed by atoms with Crippen molar-refractivity contribution < 1.29 is 24.2 Å². The molecule has 1 aliphatic carbocycles. The van der Waals surface area contributed by atoms with Crippen LogP contribution in [0.25, 0.3) is 11.1 Å². The number of nitrogens with zero attached hydrogens (tertiary/aromatic N) is 1. The van der Waals surface area contributed by atoms with E-state index >= 15 is 0 Å². The topological polar surface area (TPSA) is 95.9 Å². The molecule has 2 amide bonds. The average Bonchev–Trinajstić information content (AvgIpc) is 3.12. The van der Waals surface area contributed by atoms with Gasteiger partial charge in [-0.2, -0.15) is 0 Å². The van der Waals surface area contributed by atoms with Gasteiger partial charge in [-0.1, -0.05) is 68.8 Å². The number of alkyl carbamates (subject to hydrolysis) is 1. The lowest BCUT2D eigenvalue weighted by Gasteiger charge is -2.29. The van der Waals surface area contributed by atoms with Crippen LogP contribution in [-0.2, 0) is 14.3 Å². The van der Waals surface area contributed by atoms with Crippen LogP contribution in [0.1, 0.15) is 44.2 Å². The summed E-state index contributed by atoms with van der Waals surface area (Å²) in [5, 5.41) is 11.8. The van der Waals surface area contributed by atoms with Crippen molar-refractivity contribution in [1.29, 1.82) is 0 Å². The molecule has 7 nitrogen and oxygen atoms in total. The molecule has 0 spiro atoms. The fourth-order valence-corrected chi connectivity index (χ4v) is 4.16. The van der Waals surface area contributed by atoms with E-state index in [4.69, 9.17) is 9.84 Å². The van der Waals surface area contributed by atoms with Gasteiger partial charge in [0, 0.05) is 12.5 Å². The number of hydrogen-bond acceptors (Lipinski definition) is 4. The van der Waals surface area contributed by atoms with Crippen molar-refractivity contribution in [2.75, 3.05) is 19.7 Å². The number of fused-ring (bicyclic) bond motifs is 3. The first-order valence-corrected chi connectivity index (χ1v) is 11.0. The molecule has 0 heterocycles. The number of rotatable bonds is 9. The Labute approximate surface area is 188 Å². The molecule has 0 radical (unpaired) electrons. The van der Waals surface area contributed by atoms with Gasteiger partial charge in [0.05, 0.1) is 0 Å². The molecule has 3 rings (SSSR count). The van der Waals surface area contributed by atoms with E-state index in [1.54, 1.807) is 6.92 Å². The fourth-order valence-electron chi connectivity index (χ4n) is 4.16. The average molecular weight is 439 g/mol. The SMILES string of the molecule is CCC(C)[C@H](NC(=O)OCC1c2ccccc2-c2ccccc21)C(=O)N(CC)CC(=O)O. The van der Waals surface area contributed by atoms with E-state index in [1.165, 1.54) is 4.90 Å². The van der Waals surface area contributed by atoms with Gasteiger partial charge in [0.2, 0.25) is 5.91 Å². The van der Waals surface area contributed by atoms with E-state index < -0.39 is 30.6 Å². The zero-order valence-electron chi connectivity index (χ0n) is 18.7. The summed E-state index contributed by atoms with van der Waals surface area (Å²) in [4.78, 5) is 37.9. The van der Waals surface area contributed by atoms with Gasteiger partial charge in [-0.3, -0.25) is 9.59 Å². The number of carboxylic acids is 1. The summed E-state index contributed by atoms with van der Waals surface area (Å²) in [5.41, 5.74) is 4.48. The Bertz CT molecular complexity index is 944. The van der Waals surface area contributed by atoms with Crippen LogP contribution < -0.4 is 5.32 Å². The lowest BCUT2D eigenvalue weighted by molar-refractivity contribution is -0.145. The molecular weight excluding hydrogens is 408 g/mol. The maximum atomic E-state index is 12.9. The number of carboxylic acid groups (broad SMARTS) is 1. The third kappa shape index (κ3) is 4.93. The lowest BCUT2D eigenvalue weighted by atomic mass is 9.97. The van der Waals surface area contributed by atoms with E-state index in [1.807, 2.05) is 50.2 Å². The highest BCUT2D eigenvalue weighted by Gasteiger charge is 2.32. The first-order chi connectivity index (χ1) is 15.4. The predicted octanol–water partition coefficient (Wildman–Crippen LogP) is 3.87. The van der Waals surface area contributed by atoms with Gasteiger partial charge in [-0.05, 0) is 35.1 Å². The molecule has 7 heteroatoms. The molecule has 2 N–H and O–H groups in total. The second kappa shape index (κ2) is 10.3. The first kappa shape index (κ1) is 23.3. The summed E-state index contributed by atoms with van der Waals surface area (Å²) in [6.45, 7) is 5.45. The monoisotopic (exact) mass is 438 g/mol. The molecule has 0 aliphatic heterocycles. The maximum absolute atomic E-state index is 12.9. The highest BCUT2D eigenvalue weighted by molar-refractivity contribution is 5.88. The molecule has 170 valence electrons. The van der Waals surface area contributed by atoms with Gasteiger partial charge in [-0.25, -0.2) is 4.79 Å². The number of aliphatic carboxylic acids is 1. The summed E-state index contributed by atoms with van der Waals surface area (Å²) < 4.78 is 5.57. The Balaban J connectivity index is 1.71. The van der Waals surface area contributed by atoms with Crippen LogP contribution in [0.4, 0.5) is 4.79 Å². The molecule has 2 aromatic carbocycles. The van der Waals surface area contributed by atoms with E-state index in [0.717, 1.165) is 22.3 Å². The number of benzene rings is 2. The maximum Gasteiger partial charge on any atom is 0.407 e. The standard InChI is InChI=1S/C25H30N2O5/c1-4-16(3)23(24(30)27(5-2)14-22(28)29)26-25(31)32-15-21-19-12-8-6-10-17(19)18-11-7-9-13-20(18)21/h6-13,16,21,23H,4-5,14-15H2,1-3H3,(H,26,31)(H,28,29)/t16?,23-/m0/s1. The number of nitrogens with one attached hydrogen (secondary N) is 1. The quantitative estimate of drug-likeness (QED) is 0.620. The van der Waals surface area contributed by atoms with Gasteiger partial charge in [0.25, 0.3) is 0 Å². The zero-order valence-corrected chi connectivity index (χ0v) is 18.7. The molecule has 32 heavy (non-hydrogen) atoms. The Morgan fingerprint density at radius 3 is 2.09 bits per heavy atom. The number of ether oxygens (including phenoxy) is 1. The van der Waals surface area contributed by atoms with Crippen LogP contribution in [-0.4, -0.2) is 53.7 Å². The minimum Gasteiger partial charge on any atom is -0.480 e. The predicted molar refractivity (Wildman–Crippen MR) is 121 cm³/mol. The Morgan fingerprint density at radius 2 is 1.59 bits per heavy atom. The summed E-state index contributed by atoms with van der Waals surface area (Å²) in [7, 11) is 0. The van der Waals surface area contributed by atoms with Crippen LogP contribution in [0.2, 0.25) is 0 Å². The van der Waals surface area contributed by atoms with Crippen molar-refractivity contribution in [3.8, 4) is 11.1 Å². The molecular formula is C25H30N2O5. The van der Waals surface area contributed by atoms with Crippen molar-refractivity contribution in [2.24, 2.45) is 5.92 Å². The van der Waals surface area contributed by atoms with Crippen molar-refractivity contribution in [3.05, 3.63) is 59.7 Å². The minimum absolute atomic E-state index is 0.0787. The van der Waals surface area contributed by atoms with Gasteiger partial charge >= 0.3 is 12.1 Å². The second-order valence-electron chi connectivity index (χ2n) is 8.08. The highest BCUT2D eigenvalue weighted by Crippen LogP contribution is 2.44. The van der Waals surface area contributed by atoms with Crippen LogP contribution >= 0.6 is 0 Å². The van der Waals surface area contributed by atoms with Gasteiger partial charge in [-0.15, -0.1) is 0 Å². The summed E-state index contributed by atoms with van der Waals surface area (Å²) >= 11 is 0. The number of carbonyl (C=O) groups excluding carboxylic acids is 2. The smallest absolute Gasteiger partial charge is 0.407 e. The minimum atomic E-state index is -1.09. The van der Waals surface area contributed by atoms with Crippen LogP contribution in [0.3, 0.4) is 0 Å². The molecule has 0 bridgehead atoms. The number of hydrogen-bond donors (Lipinski definition) is 2. The van der Waals surface area contributed by atoms with Crippen molar-refractivity contribution in [2.45, 2.75) is 39.2 Å². The summed E-state index contributed by atoms with van der Waals surface area (Å²) in [6, 6.07) is 15.3. The molecule has 0 fully saturated rings. The van der Waals surface area contributed by atoms with E-state index in [-0.39, 0.29) is 25.0 Å². The number of likely N-dealkylation sites (N-methyl/N-ethyl adjacent to an activating group) is 1.